The molecule has 1 fully saturated rings. The fraction of sp³-hybridized carbons (Fsp3) is 0.423. The normalized spacial score (nSPS) is 15.4. The summed E-state index contributed by atoms with van der Waals surface area (Å²) < 4.78 is 41.6. The first-order chi connectivity index (χ1) is 16.0. The van der Waals surface area contributed by atoms with Crippen LogP contribution in [0.3, 0.4) is 0 Å². The number of fused-ring (bicyclic) bond motifs is 1. The van der Waals surface area contributed by atoms with E-state index in [1.165, 1.54) is 0 Å². The third-order valence-electron chi connectivity index (χ3n) is 6.96. The summed E-state index contributed by atoms with van der Waals surface area (Å²) in [5.74, 6) is 0.536. The van der Waals surface area contributed by atoms with E-state index in [9.17, 15) is 18.0 Å². The van der Waals surface area contributed by atoms with Crippen LogP contribution in [0, 0.1) is 12.8 Å². The van der Waals surface area contributed by atoms with Gasteiger partial charge in [-0.15, -0.1) is 0 Å². The number of piperidine rings is 1. The van der Waals surface area contributed by atoms with Gasteiger partial charge in [0, 0.05) is 48.7 Å². The van der Waals surface area contributed by atoms with Crippen LogP contribution in [0.2, 0.25) is 10.0 Å². The number of aryl methyl sites for hydroxylation is 2. The molecule has 1 aromatic heterocycles. The van der Waals surface area contributed by atoms with Gasteiger partial charge in [-0.3, -0.25) is 4.79 Å². The van der Waals surface area contributed by atoms with Crippen molar-refractivity contribution >= 4 is 40.0 Å². The van der Waals surface area contributed by atoms with Crippen molar-refractivity contribution in [2.24, 2.45) is 13.0 Å². The number of halogens is 5. The average Bonchev–Trinajstić information content (AvgIpc) is 3.11. The largest absolute Gasteiger partial charge is 0.416 e. The van der Waals surface area contributed by atoms with E-state index < -0.39 is 11.7 Å². The highest BCUT2D eigenvalue weighted by Gasteiger charge is 2.32. The maximum absolute atomic E-state index is 13.3. The van der Waals surface area contributed by atoms with Crippen LogP contribution in [-0.2, 0) is 19.6 Å². The van der Waals surface area contributed by atoms with E-state index in [1.54, 1.807) is 36.9 Å². The number of rotatable bonds is 4. The Bertz CT molecular complexity index is 1240. The van der Waals surface area contributed by atoms with Gasteiger partial charge in [0.2, 0.25) is 0 Å². The van der Waals surface area contributed by atoms with Crippen LogP contribution in [0.15, 0.2) is 30.5 Å². The fourth-order valence-corrected chi connectivity index (χ4v) is 5.55. The number of hydrogen-bond donors (Lipinski definition) is 0. The summed E-state index contributed by atoms with van der Waals surface area (Å²) in [4.78, 5) is 15.1. The molecule has 3 aromatic rings. The maximum atomic E-state index is 13.3. The molecule has 1 aliphatic rings. The van der Waals surface area contributed by atoms with E-state index in [-0.39, 0.29) is 5.91 Å². The molecule has 0 bridgehead atoms. The highest BCUT2D eigenvalue weighted by molar-refractivity contribution is 6.38. The molecule has 34 heavy (non-hydrogen) atoms. The van der Waals surface area contributed by atoms with Crippen molar-refractivity contribution in [3.05, 3.63) is 68.3 Å². The number of benzene rings is 2. The predicted octanol–water partition coefficient (Wildman–Crippen LogP) is 7.67. The molecule has 0 saturated carbocycles. The number of carbonyl (C=O) groups excluding carboxylic acids is 1. The van der Waals surface area contributed by atoms with E-state index in [0.717, 1.165) is 42.3 Å². The van der Waals surface area contributed by atoms with Gasteiger partial charge in [-0.1, -0.05) is 36.5 Å². The minimum atomic E-state index is -4.42. The Labute approximate surface area is 207 Å². The Hall–Kier alpha value is -2.18. The number of carbonyl (C=O) groups is 1. The van der Waals surface area contributed by atoms with Crippen molar-refractivity contribution in [2.45, 2.75) is 45.7 Å². The molecule has 182 valence electrons. The third kappa shape index (κ3) is 4.67. The quantitative estimate of drug-likeness (QED) is 0.353. The molecule has 3 nitrogen and oxygen atoms in total. The van der Waals surface area contributed by atoms with Crippen molar-refractivity contribution in [2.75, 3.05) is 13.1 Å². The SMILES string of the molecule is CCC1CCN(C(=O)c2ccc(Cl)c(Cc3cn(C)c4cc(C(F)(F)F)cc(C)c34)c2Cl)CC1. The van der Waals surface area contributed by atoms with Gasteiger partial charge in [-0.05, 0) is 66.6 Å². The van der Waals surface area contributed by atoms with Crippen molar-refractivity contribution in [3.8, 4) is 0 Å². The zero-order valence-electron chi connectivity index (χ0n) is 19.4. The van der Waals surface area contributed by atoms with Crippen LogP contribution in [0.4, 0.5) is 13.2 Å². The van der Waals surface area contributed by atoms with Gasteiger partial charge in [0.1, 0.15) is 0 Å². The third-order valence-corrected chi connectivity index (χ3v) is 7.74. The molecule has 1 aliphatic heterocycles. The smallest absolute Gasteiger partial charge is 0.350 e. The lowest BCUT2D eigenvalue weighted by atomic mass is 9.93. The zero-order valence-corrected chi connectivity index (χ0v) is 20.9. The van der Waals surface area contributed by atoms with E-state index in [1.807, 2.05) is 4.90 Å². The number of nitrogens with zero attached hydrogens (tertiary/aromatic N) is 2. The second-order valence-corrected chi connectivity index (χ2v) is 9.94. The topological polar surface area (TPSA) is 25.2 Å². The van der Waals surface area contributed by atoms with Crippen molar-refractivity contribution < 1.29 is 18.0 Å². The molecular weight excluding hydrogens is 484 g/mol. The molecule has 0 aliphatic carbocycles. The molecule has 1 saturated heterocycles. The van der Waals surface area contributed by atoms with Gasteiger partial charge in [0.25, 0.3) is 5.91 Å². The first kappa shape index (κ1) is 24.9. The Morgan fingerprint density at radius 3 is 2.44 bits per heavy atom. The van der Waals surface area contributed by atoms with Gasteiger partial charge in [0.05, 0.1) is 16.1 Å². The van der Waals surface area contributed by atoms with Crippen molar-refractivity contribution in [1.29, 1.82) is 0 Å². The highest BCUT2D eigenvalue weighted by atomic mass is 35.5. The lowest BCUT2D eigenvalue weighted by molar-refractivity contribution is -0.137. The summed E-state index contributed by atoms with van der Waals surface area (Å²) in [7, 11) is 1.72. The monoisotopic (exact) mass is 510 g/mol. The number of likely N-dealkylation sites (tertiary alicyclic amines) is 1. The van der Waals surface area contributed by atoms with Crippen LogP contribution < -0.4 is 0 Å². The Kier molecular flexibility index (Phi) is 6.94. The molecule has 2 heterocycles. The molecular formula is C26H27Cl2F3N2O. The molecule has 0 spiro atoms. The Balaban J connectivity index is 1.69. The van der Waals surface area contributed by atoms with Crippen LogP contribution in [0.25, 0.3) is 10.9 Å². The summed E-state index contributed by atoms with van der Waals surface area (Å²) in [6.07, 6.45) is 0.763. The van der Waals surface area contributed by atoms with Gasteiger partial charge in [-0.25, -0.2) is 0 Å². The molecule has 4 rings (SSSR count). The Morgan fingerprint density at radius 1 is 1.15 bits per heavy atom. The summed E-state index contributed by atoms with van der Waals surface area (Å²) in [5, 5.41) is 1.46. The summed E-state index contributed by atoms with van der Waals surface area (Å²) in [6, 6.07) is 5.66. The number of hydrogen-bond acceptors (Lipinski definition) is 1. The summed E-state index contributed by atoms with van der Waals surface area (Å²) >= 11 is 13.2. The lowest BCUT2D eigenvalue weighted by Gasteiger charge is -2.32. The standard InChI is InChI=1S/C26H27Cl2F3N2O/c1-4-16-7-9-33(10-8-16)25(34)19-5-6-21(27)20(24(19)28)12-17-14-32(3)22-13-18(26(29,30)31)11-15(2)23(17)22/h5-6,11,13-14,16H,4,7-10,12H2,1-3H3. The molecule has 8 heteroatoms. The van der Waals surface area contributed by atoms with Gasteiger partial charge in [0.15, 0.2) is 0 Å². The van der Waals surface area contributed by atoms with Crippen LogP contribution >= 0.6 is 23.2 Å². The molecule has 0 atom stereocenters. The van der Waals surface area contributed by atoms with Gasteiger partial charge < -0.3 is 9.47 Å². The summed E-state index contributed by atoms with van der Waals surface area (Å²) in [6.45, 7) is 5.25. The number of alkyl halides is 3. The second-order valence-electron chi connectivity index (χ2n) is 9.16. The van der Waals surface area contributed by atoms with Crippen LogP contribution in [-0.4, -0.2) is 28.5 Å². The van der Waals surface area contributed by atoms with Crippen molar-refractivity contribution in [3.63, 3.8) is 0 Å². The highest BCUT2D eigenvalue weighted by Crippen LogP contribution is 2.37. The van der Waals surface area contributed by atoms with Crippen LogP contribution in [0.5, 0.6) is 0 Å². The second kappa shape index (κ2) is 9.46. The predicted molar refractivity (Wildman–Crippen MR) is 131 cm³/mol. The Morgan fingerprint density at radius 2 is 1.82 bits per heavy atom. The van der Waals surface area contributed by atoms with Gasteiger partial charge in [-0.2, -0.15) is 13.2 Å². The molecule has 2 aromatic carbocycles. The van der Waals surface area contributed by atoms with Crippen molar-refractivity contribution in [1.82, 2.24) is 9.47 Å². The molecule has 0 radical (unpaired) electrons. The van der Waals surface area contributed by atoms with Crippen LogP contribution in [0.1, 0.15) is 58.8 Å². The van der Waals surface area contributed by atoms with E-state index >= 15 is 0 Å². The first-order valence-electron chi connectivity index (χ1n) is 11.4. The average molecular weight is 511 g/mol. The molecule has 0 N–H and O–H groups in total. The number of aromatic nitrogens is 1. The van der Waals surface area contributed by atoms with E-state index in [4.69, 9.17) is 23.2 Å². The van der Waals surface area contributed by atoms with E-state index in [0.29, 0.717) is 57.7 Å². The van der Waals surface area contributed by atoms with E-state index in [2.05, 4.69) is 6.92 Å². The fourth-order valence-electron chi connectivity index (χ4n) is 4.96. The first-order valence-corrected chi connectivity index (χ1v) is 12.2. The summed E-state index contributed by atoms with van der Waals surface area (Å²) in [5.41, 5.74) is 2.15. The minimum absolute atomic E-state index is 0.110. The lowest BCUT2D eigenvalue weighted by Crippen LogP contribution is -2.38. The minimum Gasteiger partial charge on any atom is -0.350 e. The maximum Gasteiger partial charge on any atom is 0.416 e. The van der Waals surface area contributed by atoms with Gasteiger partial charge >= 0.3 is 6.18 Å². The number of amides is 1. The molecule has 1 amide bonds. The zero-order chi connectivity index (χ0) is 24.8. The molecule has 0 unspecified atom stereocenters.